The first-order valence-corrected chi connectivity index (χ1v) is 6.41. The second-order valence-corrected chi connectivity index (χ2v) is 4.68. The molecule has 0 aliphatic rings. The Morgan fingerprint density at radius 2 is 1.48 bits per heavy atom. The van der Waals surface area contributed by atoms with Gasteiger partial charge in [-0.3, -0.25) is 4.79 Å². The number of carbonyl (C=O) groups is 1. The van der Waals surface area contributed by atoms with Crippen molar-refractivity contribution < 1.29 is 18.0 Å². The smallest absolute Gasteiger partial charge is 0.342 e. The van der Waals surface area contributed by atoms with Gasteiger partial charge in [0, 0.05) is 0 Å². The second kappa shape index (κ2) is 5.99. The fourth-order valence-corrected chi connectivity index (χ4v) is 1.96. The Hall–Kier alpha value is -2.30. The van der Waals surface area contributed by atoms with Crippen LogP contribution in [0.2, 0.25) is 0 Å². The van der Waals surface area contributed by atoms with Gasteiger partial charge in [-0.25, -0.2) is 0 Å². The van der Waals surface area contributed by atoms with E-state index in [0.717, 1.165) is 11.1 Å². The van der Waals surface area contributed by atoms with Gasteiger partial charge in [0.25, 0.3) is 0 Å². The molecule has 2 nitrogen and oxygen atoms in total. The van der Waals surface area contributed by atoms with Gasteiger partial charge < -0.3 is 5.32 Å². The van der Waals surface area contributed by atoms with Gasteiger partial charge in [0.1, 0.15) is 0 Å². The van der Waals surface area contributed by atoms with Crippen molar-refractivity contribution in [3.63, 3.8) is 0 Å². The van der Waals surface area contributed by atoms with E-state index in [0.29, 0.717) is 5.56 Å². The van der Waals surface area contributed by atoms with Gasteiger partial charge in [-0.1, -0.05) is 54.6 Å². The monoisotopic (exact) mass is 293 g/mol. The first-order chi connectivity index (χ1) is 9.88. The van der Waals surface area contributed by atoms with Crippen LogP contribution in [0.5, 0.6) is 0 Å². The number of carbonyl (C=O) groups excluding carboxylic acids is 1. The maximum absolute atomic E-state index is 12.2. The van der Waals surface area contributed by atoms with Crippen molar-refractivity contribution >= 4 is 5.91 Å². The normalized spacial score (nSPS) is 12.8. The lowest BCUT2D eigenvalue weighted by Gasteiger charge is -2.16. The van der Waals surface area contributed by atoms with Crippen LogP contribution in [0.4, 0.5) is 13.2 Å². The van der Waals surface area contributed by atoms with E-state index in [4.69, 9.17) is 0 Å². The van der Waals surface area contributed by atoms with E-state index >= 15 is 0 Å². The Kier molecular flexibility index (Phi) is 4.31. The summed E-state index contributed by atoms with van der Waals surface area (Å²) >= 11 is 0. The Morgan fingerprint density at radius 3 is 2.00 bits per heavy atom. The molecule has 1 amide bonds. The number of alkyl halides is 3. The number of hydrogen-bond acceptors (Lipinski definition) is 1. The molecule has 1 N–H and O–H groups in total. The Labute approximate surface area is 120 Å². The summed E-state index contributed by atoms with van der Waals surface area (Å²) in [5.74, 6) is -1.93. The molecule has 0 fully saturated rings. The molecule has 0 saturated heterocycles. The molecule has 110 valence electrons. The van der Waals surface area contributed by atoms with Crippen molar-refractivity contribution in [2.45, 2.75) is 19.1 Å². The van der Waals surface area contributed by atoms with Crippen molar-refractivity contribution in [2.24, 2.45) is 0 Å². The highest BCUT2D eigenvalue weighted by atomic mass is 19.4. The summed E-state index contributed by atoms with van der Waals surface area (Å²) in [5, 5.41) is 1.93. The molecule has 0 radical (unpaired) electrons. The molecule has 2 rings (SSSR count). The van der Waals surface area contributed by atoms with Gasteiger partial charge in [0.05, 0.1) is 6.04 Å². The molecule has 2 aromatic rings. The molecule has 1 atom stereocenters. The highest BCUT2D eigenvalue weighted by Gasteiger charge is 2.39. The molecule has 2 aromatic carbocycles. The zero-order valence-electron chi connectivity index (χ0n) is 11.3. The van der Waals surface area contributed by atoms with Crippen LogP contribution in [0.3, 0.4) is 0 Å². The van der Waals surface area contributed by atoms with E-state index < -0.39 is 18.1 Å². The van der Waals surface area contributed by atoms with Crippen molar-refractivity contribution in [3.8, 4) is 11.1 Å². The summed E-state index contributed by atoms with van der Waals surface area (Å²) in [4.78, 5) is 10.9. The summed E-state index contributed by atoms with van der Waals surface area (Å²) < 4.78 is 36.6. The van der Waals surface area contributed by atoms with Gasteiger partial charge >= 0.3 is 12.1 Å². The third-order valence-corrected chi connectivity index (χ3v) is 3.12. The number of nitrogens with one attached hydrogen (secondary N) is 1. The van der Waals surface area contributed by atoms with E-state index in [1.807, 2.05) is 47.8 Å². The molecule has 0 aromatic heterocycles. The summed E-state index contributed by atoms with van der Waals surface area (Å²) in [6, 6.07) is 16.0. The molecular formula is C16H14F3NO. The maximum atomic E-state index is 12.2. The minimum absolute atomic E-state index is 0.618. The molecule has 21 heavy (non-hydrogen) atoms. The maximum Gasteiger partial charge on any atom is 0.471 e. The van der Waals surface area contributed by atoms with E-state index in [1.165, 1.54) is 6.92 Å². The highest BCUT2D eigenvalue weighted by Crippen LogP contribution is 2.23. The zero-order chi connectivity index (χ0) is 15.5. The predicted octanol–water partition coefficient (Wildman–Crippen LogP) is 4.09. The van der Waals surface area contributed by atoms with Gasteiger partial charge in [0.2, 0.25) is 0 Å². The number of hydrogen-bond donors (Lipinski definition) is 1. The second-order valence-electron chi connectivity index (χ2n) is 4.68. The lowest BCUT2D eigenvalue weighted by Crippen LogP contribution is -2.38. The Morgan fingerprint density at radius 1 is 0.952 bits per heavy atom. The van der Waals surface area contributed by atoms with Crippen LogP contribution in [-0.2, 0) is 4.79 Å². The molecule has 0 heterocycles. The van der Waals surface area contributed by atoms with Crippen molar-refractivity contribution in [1.29, 1.82) is 0 Å². The van der Waals surface area contributed by atoms with Gasteiger partial charge in [0.15, 0.2) is 0 Å². The summed E-state index contributed by atoms with van der Waals surface area (Å²) in [7, 11) is 0. The highest BCUT2D eigenvalue weighted by molar-refractivity contribution is 5.82. The summed E-state index contributed by atoms with van der Waals surface area (Å²) in [6.07, 6.45) is -4.86. The molecule has 0 spiro atoms. The SMILES string of the molecule is C[C@@H](NC(=O)C(F)(F)F)c1ccc(-c2ccccc2)cc1. The van der Waals surface area contributed by atoms with Crippen molar-refractivity contribution in [1.82, 2.24) is 5.32 Å². The third-order valence-electron chi connectivity index (χ3n) is 3.12. The summed E-state index contributed by atoms with van der Waals surface area (Å²) in [5.41, 5.74) is 2.61. The first-order valence-electron chi connectivity index (χ1n) is 6.41. The largest absolute Gasteiger partial charge is 0.471 e. The fourth-order valence-electron chi connectivity index (χ4n) is 1.96. The standard InChI is InChI=1S/C16H14F3NO/c1-11(20-15(21)16(17,18)19)12-7-9-14(10-8-12)13-5-3-2-4-6-13/h2-11H,1H3,(H,20,21)/t11-/m1/s1. The topological polar surface area (TPSA) is 29.1 Å². The summed E-state index contributed by atoms with van der Waals surface area (Å²) in [6.45, 7) is 1.52. The van der Waals surface area contributed by atoms with E-state index in [1.54, 1.807) is 12.1 Å². The third kappa shape index (κ3) is 3.84. The zero-order valence-corrected chi connectivity index (χ0v) is 11.3. The molecule has 0 unspecified atom stereocenters. The van der Waals surface area contributed by atoms with Crippen LogP contribution in [0.1, 0.15) is 18.5 Å². The minimum atomic E-state index is -4.86. The molecule has 0 aliphatic heterocycles. The van der Waals surface area contributed by atoms with E-state index in [-0.39, 0.29) is 0 Å². The number of benzene rings is 2. The van der Waals surface area contributed by atoms with Gasteiger partial charge in [-0.15, -0.1) is 0 Å². The predicted molar refractivity (Wildman–Crippen MR) is 74.5 cm³/mol. The Balaban J connectivity index is 2.10. The van der Waals surface area contributed by atoms with E-state index in [9.17, 15) is 18.0 Å². The van der Waals surface area contributed by atoms with Gasteiger partial charge in [-0.2, -0.15) is 13.2 Å². The molecule has 0 saturated carbocycles. The first kappa shape index (κ1) is 15.1. The number of amides is 1. The van der Waals surface area contributed by atoms with Crippen LogP contribution >= 0.6 is 0 Å². The van der Waals surface area contributed by atoms with Crippen molar-refractivity contribution in [2.75, 3.05) is 0 Å². The van der Waals surface area contributed by atoms with Crippen LogP contribution in [0, 0.1) is 0 Å². The molecular weight excluding hydrogens is 279 g/mol. The minimum Gasteiger partial charge on any atom is -0.342 e. The van der Waals surface area contributed by atoms with Crippen LogP contribution in [-0.4, -0.2) is 12.1 Å². The van der Waals surface area contributed by atoms with Crippen molar-refractivity contribution in [3.05, 3.63) is 60.2 Å². The molecule has 0 aliphatic carbocycles. The quantitative estimate of drug-likeness (QED) is 0.907. The Bertz CT molecular complexity index is 606. The van der Waals surface area contributed by atoms with E-state index in [2.05, 4.69) is 0 Å². The van der Waals surface area contributed by atoms with Crippen LogP contribution < -0.4 is 5.32 Å². The number of rotatable bonds is 3. The average molecular weight is 293 g/mol. The lowest BCUT2D eigenvalue weighted by atomic mass is 10.0. The number of halogens is 3. The van der Waals surface area contributed by atoms with Crippen LogP contribution in [0.15, 0.2) is 54.6 Å². The molecule has 0 bridgehead atoms. The average Bonchev–Trinajstić information content (AvgIpc) is 2.47. The molecule has 5 heteroatoms. The van der Waals surface area contributed by atoms with Gasteiger partial charge in [-0.05, 0) is 23.6 Å². The van der Waals surface area contributed by atoms with Crippen LogP contribution in [0.25, 0.3) is 11.1 Å². The fraction of sp³-hybridized carbons (Fsp3) is 0.188. The lowest BCUT2D eigenvalue weighted by molar-refractivity contribution is -0.174.